The minimum Gasteiger partial charge on any atom is -0.348 e. The molecule has 1 amide bonds. The molecule has 7 heteroatoms. The highest BCUT2D eigenvalue weighted by molar-refractivity contribution is 5.92. The van der Waals surface area contributed by atoms with E-state index < -0.39 is 0 Å². The number of nitrogens with zero attached hydrogens (tertiary/aromatic N) is 5. The Bertz CT molecular complexity index is 934. The lowest BCUT2D eigenvalue weighted by molar-refractivity contribution is 0.0611. The number of rotatable bonds is 4. The zero-order valence-corrected chi connectivity index (χ0v) is 15.4. The van der Waals surface area contributed by atoms with E-state index in [0.29, 0.717) is 18.8 Å². The summed E-state index contributed by atoms with van der Waals surface area (Å²) < 4.78 is 4.15. The van der Waals surface area contributed by atoms with E-state index in [1.54, 1.807) is 0 Å². The van der Waals surface area contributed by atoms with Gasteiger partial charge >= 0.3 is 0 Å². The molecule has 136 valence electrons. The van der Waals surface area contributed by atoms with E-state index >= 15 is 0 Å². The molecule has 1 N–H and O–H groups in total. The van der Waals surface area contributed by atoms with Crippen LogP contribution in [0.15, 0.2) is 30.5 Å². The second-order valence-electron chi connectivity index (χ2n) is 6.91. The number of hydrogen-bond acceptors (Lipinski definition) is 3. The molecule has 0 saturated carbocycles. The van der Waals surface area contributed by atoms with Gasteiger partial charge in [-0.05, 0) is 44.5 Å². The van der Waals surface area contributed by atoms with Crippen molar-refractivity contribution in [2.24, 2.45) is 0 Å². The fourth-order valence-corrected chi connectivity index (χ4v) is 3.83. The van der Waals surface area contributed by atoms with Crippen LogP contribution in [0, 0.1) is 13.8 Å². The van der Waals surface area contributed by atoms with Crippen molar-refractivity contribution < 1.29 is 4.79 Å². The Morgan fingerprint density at radius 3 is 2.88 bits per heavy atom. The Kier molecular flexibility index (Phi) is 4.14. The van der Waals surface area contributed by atoms with Gasteiger partial charge in [0.05, 0.1) is 24.0 Å². The molecule has 1 aliphatic rings. The zero-order valence-electron chi connectivity index (χ0n) is 15.4. The number of aromatic nitrogens is 5. The van der Waals surface area contributed by atoms with E-state index in [2.05, 4.69) is 39.1 Å². The molecular weight excluding hydrogens is 328 g/mol. The number of amides is 1. The molecule has 0 fully saturated rings. The summed E-state index contributed by atoms with van der Waals surface area (Å²) in [6.07, 6.45) is 2.97. The van der Waals surface area contributed by atoms with Crippen LogP contribution in [-0.4, -0.2) is 41.9 Å². The second-order valence-corrected chi connectivity index (χ2v) is 6.91. The van der Waals surface area contributed by atoms with Crippen LogP contribution in [-0.2, 0) is 13.1 Å². The van der Waals surface area contributed by atoms with Crippen molar-refractivity contribution in [1.29, 1.82) is 0 Å². The van der Waals surface area contributed by atoms with Crippen LogP contribution in [0.3, 0.4) is 0 Å². The maximum atomic E-state index is 13.0. The molecule has 3 aromatic heterocycles. The van der Waals surface area contributed by atoms with Gasteiger partial charge in [-0.1, -0.05) is 6.92 Å². The molecule has 0 bridgehead atoms. The number of fused-ring (bicyclic) bond motifs is 1. The maximum absolute atomic E-state index is 13.0. The number of H-pyrrole nitrogens is 1. The third-order valence-corrected chi connectivity index (χ3v) is 5.09. The Labute approximate surface area is 152 Å². The number of hydrogen-bond donors (Lipinski definition) is 1. The summed E-state index contributed by atoms with van der Waals surface area (Å²) in [5.41, 5.74) is 4.63. The highest BCUT2D eigenvalue weighted by Crippen LogP contribution is 2.29. The second kappa shape index (κ2) is 6.48. The van der Waals surface area contributed by atoms with Crippen LogP contribution in [0.2, 0.25) is 0 Å². The van der Waals surface area contributed by atoms with Crippen molar-refractivity contribution in [3.05, 3.63) is 58.9 Å². The summed E-state index contributed by atoms with van der Waals surface area (Å²) in [6.45, 7) is 8.23. The molecule has 4 heterocycles. The Balaban J connectivity index is 1.54. The lowest BCUT2D eigenvalue weighted by Crippen LogP contribution is -2.41. The molecular formula is C19H24N6O. The van der Waals surface area contributed by atoms with Crippen LogP contribution < -0.4 is 0 Å². The van der Waals surface area contributed by atoms with Gasteiger partial charge in [-0.25, -0.2) is 0 Å². The normalized spacial score (nSPS) is 16.7. The number of aromatic amines is 1. The van der Waals surface area contributed by atoms with Crippen molar-refractivity contribution in [3.63, 3.8) is 0 Å². The van der Waals surface area contributed by atoms with Crippen molar-refractivity contribution >= 4 is 5.91 Å². The summed E-state index contributed by atoms with van der Waals surface area (Å²) in [5, 5.41) is 11.7. The van der Waals surface area contributed by atoms with Gasteiger partial charge in [0.1, 0.15) is 0 Å². The molecule has 0 saturated heterocycles. The van der Waals surface area contributed by atoms with E-state index in [-0.39, 0.29) is 11.9 Å². The third-order valence-electron chi connectivity index (χ3n) is 5.09. The van der Waals surface area contributed by atoms with Crippen LogP contribution in [0.5, 0.6) is 0 Å². The highest BCUT2D eigenvalue weighted by Gasteiger charge is 2.31. The van der Waals surface area contributed by atoms with Crippen molar-refractivity contribution in [2.45, 2.75) is 46.3 Å². The molecule has 0 aromatic carbocycles. The van der Waals surface area contributed by atoms with Gasteiger partial charge in [0.25, 0.3) is 5.91 Å². The van der Waals surface area contributed by atoms with Gasteiger partial charge in [-0.3, -0.25) is 14.6 Å². The summed E-state index contributed by atoms with van der Waals surface area (Å²) in [4.78, 5) is 15.0. The molecule has 1 atom stereocenters. The summed E-state index contributed by atoms with van der Waals surface area (Å²) in [7, 11) is 0. The van der Waals surface area contributed by atoms with Gasteiger partial charge in [0.2, 0.25) is 0 Å². The van der Waals surface area contributed by atoms with Gasteiger partial charge in [0, 0.05) is 30.7 Å². The fourth-order valence-electron chi connectivity index (χ4n) is 3.83. The fraction of sp³-hybridized carbons (Fsp3) is 0.421. The van der Waals surface area contributed by atoms with E-state index in [1.165, 1.54) is 5.69 Å². The molecule has 4 rings (SSSR count). The van der Waals surface area contributed by atoms with Crippen molar-refractivity contribution in [3.8, 4) is 0 Å². The highest BCUT2D eigenvalue weighted by atomic mass is 16.2. The molecule has 26 heavy (non-hydrogen) atoms. The number of aryl methyl sites for hydroxylation is 2. The van der Waals surface area contributed by atoms with Crippen LogP contribution in [0.4, 0.5) is 0 Å². The average molecular weight is 352 g/mol. The van der Waals surface area contributed by atoms with Gasteiger partial charge in [-0.15, -0.1) is 0 Å². The first-order valence-corrected chi connectivity index (χ1v) is 9.08. The Morgan fingerprint density at radius 1 is 1.31 bits per heavy atom. The number of carbonyl (C=O) groups excluding carboxylic acids is 1. The first kappa shape index (κ1) is 16.6. The molecule has 0 spiro atoms. The number of nitrogens with one attached hydrogen (secondary N) is 1. The summed E-state index contributed by atoms with van der Waals surface area (Å²) in [5.74, 6) is -0.0137. The Morgan fingerprint density at radius 2 is 2.15 bits per heavy atom. The predicted molar refractivity (Wildman–Crippen MR) is 97.9 cm³/mol. The van der Waals surface area contributed by atoms with Crippen LogP contribution in [0.25, 0.3) is 0 Å². The van der Waals surface area contributed by atoms with E-state index in [9.17, 15) is 4.79 Å². The Hall–Kier alpha value is -2.83. The van der Waals surface area contributed by atoms with Crippen LogP contribution in [0.1, 0.15) is 52.7 Å². The molecule has 7 nitrogen and oxygen atoms in total. The SMILES string of the molecule is CCC1c2cccn2CCN1C(=O)c1cc(Cn2nc(C)cc2C)[nH]n1. The lowest BCUT2D eigenvalue weighted by atomic mass is 10.1. The molecule has 3 aromatic rings. The standard InChI is InChI=1S/C19H24N6O/c1-4-17-18-6-5-7-23(18)8-9-24(17)19(26)16-11-15(20-21-16)12-25-14(3)10-13(2)22-25/h5-7,10-11,17H,4,8-9,12H2,1-3H3,(H,20,21). The first-order chi connectivity index (χ1) is 12.6. The van der Waals surface area contributed by atoms with Gasteiger partial charge in [0.15, 0.2) is 5.69 Å². The van der Waals surface area contributed by atoms with E-state index in [1.807, 2.05) is 41.6 Å². The van der Waals surface area contributed by atoms with Gasteiger partial charge in [-0.2, -0.15) is 10.2 Å². The summed E-state index contributed by atoms with van der Waals surface area (Å²) in [6, 6.07) is 8.14. The monoisotopic (exact) mass is 352 g/mol. The lowest BCUT2D eigenvalue weighted by Gasteiger charge is -2.36. The molecule has 1 unspecified atom stereocenters. The minimum absolute atomic E-state index is 0.0137. The maximum Gasteiger partial charge on any atom is 0.274 e. The van der Waals surface area contributed by atoms with E-state index in [0.717, 1.165) is 30.0 Å². The quantitative estimate of drug-likeness (QED) is 0.785. The third kappa shape index (κ3) is 2.83. The van der Waals surface area contributed by atoms with E-state index in [4.69, 9.17) is 0 Å². The first-order valence-electron chi connectivity index (χ1n) is 9.08. The van der Waals surface area contributed by atoms with Gasteiger partial charge < -0.3 is 9.47 Å². The molecule has 0 radical (unpaired) electrons. The largest absolute Gasteiger partial charge is 0.348 e. The summed E-state index contributed by atoms with van der Waals surface area (Å²) >= 11 is 0. The number of carbonyl (C=O) groups is 1. The smallest absolute Gasteiger partial charge is 0.274 e. The minimum atomic E-state index is -0.0137. The van der Waals surface area contributed by atoms with Crippen molar-refractivity contribution in [2.75, 3.05) is 6.54 Å². The molecule has 0 aliphatic carbocycles. The van der Waals surface area contributed by atoms with Crippen molar-refractivity contribution in [1.82, 2.24) is 29.4 Å². The zero-order chi connectivity index (χ0) is 18.3. The molecule has 1 aliphatic heterocycles. The van der Waals surface area contributed by atoms with Crippen LogP contribution >= 0.6 is 0 Å². The average Bonchev–Trinajstić information content (AvgIpc) is 3.34. The predicted octanol–water partition coefficient (Wildman–Crippen LogP) is 2.68. The topological polar surface area (TPSA) is 71.7 Å².